The zero-order chi connectivity index (χ0) is 33.6. The van der Waals surface area contributed by atoms with E-state index in [2.05, 4.69) is 79.9 Å². The highest BCUT2D eigenvalue weighted by molar-refractivity contribution is 5.76. The third kappa shape index (κ3) is 33.5. The Labute approximate surface area is 286 Å². The number of hydrogen-bond acceptors (Lipinski definition) is 3. The van der Waals surface area contributed by atoms with Crippen LogP contribution in [0.2, 0.25) is 0 Å². The van der Waals surface area contributed by atoms with Gasteiger partial charge in [0.05, 0.1) is 18.8 Å². The van der Waals surface area contributed by atoms with Crippen LogP contribution < -0.4 is 5.32 Å². The fourth-order valence-corrected chi connectivity index (χ4v) is 5.56. The third-order valence-corrected chi connectivity index (χ3v) is 8.54. The first kappa shape index (κ1) is 44.1. The van der Waals surface area contributed by atoms with Gasteiger partial charge in [-0.25, -0.2) is 0 Å². The van der Waals surface area contributed by atoms with E-state index < -0.39 is 12.1 Å². The van der Waals surface area contributed by atoms with Crippen LogP contribution >= 0.6 is 0 Å². The number of amides is 1. The lowest BCUT2D eigenvalue weighted by atomic mass is 10.0. The van der Waals surface area contributed by atoms with E-state index in [0.717, 1.165) is 57.8 Å². The van der Waals surface area contributed by atoms with Crippen molar-refractivity contribution in [2.24, 2.45) is 0 Å². The molecule has 2 unspecified atom stereocenters. The number of unbranched alkanes of at least 4 members (excludes halogenated alkanes) is 17. The maximum Gasteiger partial charge on any atom is 0.220 e. The summed E-state index contributed by atoms with van der Waals surface area (Å²) in [5.74, 6) is -0.0426. The summed E-state index contributed by atoms with van der Waals surface area (Å²) in [6.07, 6.45) is 51.6. The van der Waals surface area contributed by atoms with Crippen molar-refractivity contribution in [1.82, 2.24) is 5.32 Å². The summed E-state index contributed by atoms with van der Waals surface area (Å²) < 4.78 is 0. The third-order valence-electron chi connectivity index (χ3n) is 8.54. The molecule has 0 spiro atoms. The molecule has 0 aliphatic carbocycles. The largest absolute Gasteiger partial charge is 0.394 e. The predicted molar refractivity (Wildman–Crippen MR) is 202 cm³/mol. The van der Waals surface area contributed by atoms with Gasteiger partial charge in [0, 0.05) is 6.42 Å². The van der Waals surface area contributed by atoms with Crippen LogP contribution in [0.5, 0.6) is 0 Å². The lowest BCUT2D eigenvalue weighted by Gasteiger charge is -2.22. The van der Waals surface area contributed by atoms with E-state index in [0.29, 0.717) is 12.8 Å². The van der Waals surface area contributed by atoms with Crippen molar-refractivity contribution < 1.29 is 15.0 Å². The van der Waals surface area contributed by atoms with Gasteiger partial charge >= 0.3 is 0 Å². The Morgan fingerprint density at radius 1 is 0.543 bits per heavy atom. The normalized spacial score (nSPS) is 13.7. The maximum absolute atomic E-state index is 12.3. The molecule has 3 N–H and O–H groups in total. The molecule has 0 heterocycles. The van der Waals surface area contributed by atoms with Gasteiger partial charge in [-0.1, -0.05) is 177 Å². The van der Waals surface area contributed by atoms with E-state index in [-0.39, 0.29) is 12.5 Å². The molecule has 0 aromatic rings. The van der Waals surface area contributed by atoms with Crippen molar-refractivity contribution in [2.45, 2.75) is 193 Å². The molecule has 2 atom stereocenters. The molecule has 46 heavy (non-hydrogen) atoms. The molecule has 0 bridgehead atoms. The van der Waals surface area contributed by atoms with E-state index in [4.69, 9.17) is 0 Å². The molecule has 0 radical (unpaired) electrons. The molecule has 266 valence electrons. The second-order valence-electron chi connectivity index (χ2n) is 13.0. The molecular formula is C42H75NO3. The van der Waals surface area contributed by atoms with Crippen LogP contribution in [0.1, 0.15) is 181 Å². The smallest absolute Gasteiger partial charge is 0.220 e. The number of aliphatic hydroxyl groups excluding tert-OH is 2. The molecule has 0 aromatic heterocycles. The van der Waals surface area contributed by atoms with Crippen molar-refractivity contribution in [1.29, 1.82) is 0 Å². The Hall–Kier alpha value is -1.91. The van der Waals surface area contributed by atoms with E-state index >= 15 is 0 Å². The Kier molecular flexibility index (Phi) is 36.0. The quantitative estimate of drug-likeness (QED) is 0.0483. The molecule has 4 nitrogen and oxygen atoms in total. The molecule has 0 saturated carbocycles. The lowest BCUT2D eigenvalue weighted by molar-refractivity contribution is -0.123. The topological polar surface area (TPSA) is 69.6 Å². The Bertz CT molecular complexity index is 782. The minimum Gasteiger partial charge on any atom is -0.394 e. The summed E-state index contributed by atoms with van der Waals surface area (Å²) in [4.78, 5) is 12.3. The monoisotopic (exact) mass is 642 g/mol. The molecular weight excluding hydrogens is 566 g/mol. The van der Waals surface area contributed by atoms with Gasteiger partial charge in [0.15, 0.2) is 0 Å². The second-order valence-corrected chi connectivity index (χ2v) is 13.0. The minimum absolute atomic E-state index is 0.0426. The number of aliphatic hydroxyl groups is 2. The standard InChI is InChI=1S/C42H75NO3/c1-3-5-7-9-11-12-13-14-15-16-17-18-19-20-21-22-23-24-25-26-27-28-29-30-32-34-36-38-42(46)43-40(39-44)41(45)37-35-33-31-10-8-6-4-2/h5,7,11-12,14-15,17-18,20-21,40-41,44-45H,3-4,6,8-10,13,16,19,22-39H2,1-2H3,(H,43,46)/b7-5-,12-11-,15-14-,18-17-,21-20-. The van der Waals surface area contributed by atoms with Gasteiger partial charge in [0.1, 0.15) is 0 Å². The van der Waals surface area contributed by atoms with Crippen LogP contribution in [-0.4, -0.2) is 34.9 Å². The summed E-state index contributed by atoms with van der Waals surface area (Å²) >= 11 is 0. The Morgan fingerprint density at radius 3 is 1.43 bits per heavy atom. The van der Waals surface area contributed by atoms with Crippen molar-refractivity contribution in [3.63, 3.8) is 0 Å². The number of hydrogen-bond donors (Lipinski definition) is 3. The lowest BCUT2D eigenvalue weighted by Crippen LogP contribution is -2.45. The summed E-state index contributed by atoms with van der Waals surface area (Å²) in [5.41, 5.74) is 0. The Balaban J connectivity index is 3.52. The first-order chi connectivity index (χ1) is 22.7. The average molecular weight is 642 g/mol. The zero-order valence-electron chi connectivity index (χ0n) is 30.3. The van der Waals surface area contributed by atoms with Gasteiger partial charge < -0.3 is 15.5 Å². The van der Waals surface area contributed by atoms with Crippen molar-refractivity contribution in [3.05, 3.63) is 60.8 Å². The van der Waals surface area contributed by atoms with Crippen LogP contribution in [0.4, 0.5) is 0 Å². The fraction of sp³-hybridized carbons (Fsp3) is 0.738. The Morgan fingerprint density at radius 2 is 0.957 bits per heavy atom. The number of nitrogens with one attached hydrogen (secondary N) is 1. The highest BCUT2D eigenvalue weighted by Crippen LogP contribution is 2.14. The predicted octanol–water partition coefficient (Wildman–Crippen LogP) is 11.8. The molecule has 0 saturated heterocycles. The van der Waals surface area contributed by atoms with Gasteiger partial charge in [-0.05, 0) is 57.8 Å². The van der Waals surface area contributed by atoms with E-state index in [1.54, 1.807) is 0 Å². The van der Waals surface area contributed by atoms with E-state index in [1.165, 1.54) is 96.3 Å². The van der Waals surface area contributed by atoms with E-state index in [9.17, 15) is 15.0 Å². The van der Waals surface area contributed by atoms with Gasteiger partial charge in [0.25, 0.3) is 0 Å². The van der Waals surface area contributed by atoms with Gasteiger partial charge in [0.2, 0.25) is 5.91 Å². The maximum atomic E-state index is 12.3. The van der Waals surface area contributed by atoms with Crippen molar-refractivity contribution in [2.75, 3.05) is 6.61 Å². The van der Waals surface area contributed by atoms with Gasteiger partial charge in [-0.15, -0.1) is 0 Å². The number of allylic oxidation sites excluding steroid dienone is 10. The highest BCUT2D eigenvalue weighted by atomic mass is 16.3. The summed E-state index contributed by atoms with van der Waals surface area (Å²) in [6.45, 7) is 4.19. The van der Waals surface area contributed by atoms with Crippen LogP contribution in [0.25, 0.3) is 0 Å². The summed E-state index contributed by atoms with van der Waals surface area (Å²) in [6, 6.07) is -0.536. The molecule has 1 amide bonds. The zero-order valence-corrected chi connectivity index (χ0v) is 30.3. The fourth-order valence-electron chi connectivity index (χ4n) is 5.56. The van der Waals surface area contributed by atoms with Crippen LogP contribution in [0.3, 0.4) is 0 Å². The number of rotatable bonds is 34. The van der Waals surface area contributed by atoms with Gasteiger partial charge in [-0.3, -0.25) is 4.79 Å². The van der Waals surface area contributed by atoms with E-state index in [1.807, 2.05) is 0 Å². The highest BCUT2D eigenvalue weighted by Gasteiger charge is 2.19. The van der Waals surface area contributed by atoms with Crippen LogP contribution in [0.15, 0.2) is 60.8 Å². The number of carbonyl (C=O) groups excluding carboxylic acids is 1. The first-order valence-electron chi connectivity index (χ1n) is 19.5. The number of carbonyl (C=O) groups is 1. The molecule has 0 aromatic carbocycles. The molecule has 0 rings (SSSR count). The first-order valence-corrected chi connectivity index (χ1v) is 19.5. The molecule has 0 aliphatic heterocycles. The van der Waals surface area contributed by atoms with Crippen LogP contribution in [0, 0.1) is 0 Å². The average Bonchev–Trinajstić information content (AvgIpc) is 3.06. The SMILES string of the molecule is CC/C=C\C/C=C\C/C=C\C/C=C\C/C=C\CCCCCCCCCCCCCC(=O)NC(CO)C(O)CCCCCCCCC. The molecule has 0 fully saturated rings. The van der Waals surface area contributed by atoms with Crippen molar-refractivity contribution >= 4 is 5.91 Å². The minimum atomic E-state index is -0.659. The van der Waals surface area contributed by atoms with Crippen molar-refractivity contribution in [3.8, 4) is 0 Å². The summed E-state index contributed by atoms with van der Waals surface area (Å²) in [7, 11) is 0. The molecule has 0 aliphatic rings. The summed E-state index contributed by atoms with van der Waals surface area (Å²) in [5, 5.41) is 22.9. The van der Waals surface area contributed by atoms with Gasteiger partial charge in [-0.2, -0.15) is 0 Å². The second kappa shape index (κ2) is 37.5. The molecule has 4 heteroatoms. The van der Waals surface area contributed by atoms with Crippen LogP contribution in [-0.2, 0) is 4.79 Å².